The highest BCUT2D eigenvalue weighted by Crippen LogP contribution is 2.02. The number of carbonyl (C=O) groups excluding carboxylic acids is 1. The molecule has 1 N–H and O–H groups in total. The molecule has 0 amide bonds. The Bertz CT molecular complexity index is 290. The van der Waals surface area contributed by atoms with E-state index >= 15 is 0 Å². The van der Waals surface area contributed by atoms with E-state index in [0.29, 0.717) is 0 Å². The number of sulfonamides is 1. The molecule has 0 aromatic heterocycles. The van der Waals surface area contributed by atoms with Gasteiger partial charge in [0.15, 0.2) is 5.25 Å². The van der Waals surface area contributed by atoms with Crippen LogP contribution in [-0.4, -0.2) is 38.7 Å². The van der Waals surface area contributed by atoms with Gasteiger partial charge in [-0.15, -0.1) is 11.6 Å². The molecule has 0 aliphatic rings. The average Bonchev–Trinajstić information content (AvgIpc) is 2.14. The van der Waals surface area contributed by atoms with E-state index in [1.807, 2.05) is 0 Å². The molecule has 0 aromatic carbocycles. The molecule has 0 aliphatic heterocycles. The van der Waals surface area contributed by atoms with Crippen molar-refractivity contribution in [1.82, 2.24) is 4.72 Å². The van der Waals surface area contributed by atoms with Crippen LogP contribution in [0.1, 0.15) is 13.8 Å². The van der Waals surface area contributed by atoms with Crippen LogP contribution >= 0.6 is 11.6 Å². The van der Waals surface area contributed by atoms with Gasteiger partial charge in [0.05, 0.1) is 7.11 Å². The molecular formula is C7H14ClNO4S. The molecule has 0 spiro atoms. The van der Waals surface area contributed by atoms with Gasteiger partial charge in [-0.25, -0.2) is 13.1 Å². The lowest BCUT2D eigenvalue weighted by Gasteiger charge is -2.15. The number of ether oxygens (including phenoxy) is 1. The fourth-order valence-corrected chi connectivity index (χ4v) is 2.07. The Morgan fingerprint density at radius 1 is 1.50 bits per heavy atom. The number of hydrogen-bond donors (Lipinski definition) is 1. The second kappa shape index (κ2) is 5.53. The van der Waals surface area contributed by atoms with Crippen molar-refractivity contribution >= 4 is 27.6 Å². The van der Waals surface area contributed by atoms with Crippen LogP contribution in [0.3, 0.4) is 0 Å². The first-order valence-electron chi connectivity index (χ1n) is 4.00. The van der Waals surface area contributed by atoms with Crippen LogP contribution in [0.4, 0.5) is 0 Å². The van der Waals surface area contributed by atoms with Gasteiger partial charge >= 0.3 is 5.97 Å². The Morgan fingerprint density at radius 2 is 2.00 bits per heavy atom. The van der Waals surface area contributed by atoms with Gasteiger partial charge in [0.2, 0.25) is 10.0 Å². The van der Waals surface area contributed by atoms with E-state index in [-0.39, 0.29) is 5.88 Å². The third-order valence-corrected chi connectivity index (χ3v) is 3.91. The quantitative estimate of drug-likeness (QED) is 0.549. The molecule has 0 saturated carbocycles. The summed E-state index contributed by atoms with van der Waals surface area (Å²) in [7, 11) is -2.55. The number of esters is 1. The summed E-state index contributed by atoms with van der Waals surface area (Å²) >= 11 is 5.43. The lowest BCUT2D eigenvalue weighted by atomic mass is 10.4. The van der Waals surface area contributed by atoms with E-state index in [1.165, 1.54) is 6.92 Å². The summed E-state index contributed by atoms with van der Waals surface area (Å²) in [6, 6.07) is -0.409. The summed E-state index contributed by atoms with van der Waals surface area (Å²) in [4.78, 5) is 11.0. The van der Waals surface area contributed by atoms with Gasteiger partial charge in [-0.2, -0.15) is 0 Å². The minimum absolute atomic E-state index is 0.146. The summed E-state index contributed by atoms with van der Waals surface area (Å²) in [5.74, 6) is -0.646. The first-order valence-corrected chi connectivity index (χ1v) is 6.08. The van der Waals surface area contributed by atoms with Gasteiger partial charge in [-0.1, -0.05) is 0 Å². The maximum atomic E-state index is 11.4. The molecule has 0 fully saturated rings. The van der Waals surface area contributed by atoms with E-state index in [9.17, 15) is 13.2 Å². The highest BCUT2D eigenvalue weighted by Gasteiger charge is 2.29. The van der Waals surface area contributed by atoms with Crippen molar-refractivity contribution < 1.29 is 17.9 Å². The molecule has 2 unspecified atom stereocenters. The van der Waals surface area contributed by atoms with Gasteiger partial charge in [0.25, 0.3) is 0 Å². The Kier molecular flexibility index (Phi) is 5.40. The van der Waals surface area contributed by atoms with E-state index in [0.717, 1.165) is 7.11 Å². The van der Waals surface area contributed by atoms with E-state index in [1.54, 1.807) is 6.92 Å². The van der Waals surface area contributed by atoms with Gasteiger partial charge in [-0.05, 0) is 13.8 Å². The molecular weight excluding hydrogens is 230 g/mol. The van der Waals surface area contributed by atoms with Crippen molar-refractivity contribution in [3.8, 4) is 0 Å². The zero-order valence-corrected chi connectivity index (χ0v) is 9.85. The van der Waals surface area contributed by atoms with Crippen LogP contribution in [0.25, 0.3) is 0 Å². The van der Waals surface area contributed by atoms with E-state index in [2.05, 4.69) is 9.46 Å². The lowest BCUT2D eigenvalue weighted by Crippen LogP contribution is -2.42. The zero-order valence-electron chi connectivity index (χ0n) is 8.28. The Morgan fingerprint density at radius 3 is 2.36 bits per heavy atom. The monoisotopic (exact) mass is 243 g/mol. The molecule has 0 rings (SSSR count). The van der Waals surface area contributed by atoms with Crippen LogP contribution in [0, 0.1) is 0 Å². The summed E-state index contributed by atoms with van der Waals surface area (Å²) in [6.07, 6.45) is 0. The Labute approximate surface area is 88.8 Å². The van der Waals surface area contributed by atoms with Crippen molar-refractivity contribution in [3.05, 3.63) is 0 Å². The minimum Gasteiger partial charge on any atom is -0.468 e. The first-order chi connectivity index (χ1) is 6.35. The third kappa shape index (κ3) is 3.81. The smallest absolute Gasteiger partial charge is 0.325 e. The molecule has 0 bridgehead atoms. The number of alkyl halides is 1. The molecule has 0 heterocycles. The summed E-state index contributed by atoms with van der Waals surface area (Å²) < 4.78 is 29.4. The van der Waals surface area contributed by atoms with Crippen LogP contribution in [-0.2, 0) is 19.6 Å². The van der Waals surface area contributed by atoms with Crippen LogP contribution in [0.5, 0.6) is 0 Å². The number of halogens is 1. The molecule has 0 saturated heterocycles. The van der Waals surface area contributed by atoms with Crippen LogP contribution in [0.2, 0.25) is 0 Å². The molecule has 84 valence electrons. The van der Waals surface area contributed by atoms with Gasteiger partial charge in [0.1, 0.15) is 0 Å². The highest BCUT2D eigenvalue weighted by atomic mass is 35.5. The average molecular weight is 244 g/mol. The second-order valence-corrected chi connectivity index (χ2v) is 5.23. The van der Waals surface area contributed by atoms with Gasteiger partial charge in [0, 0.05) is 11.9 Å². The Hall–Kier alpha value is -0.330. The largest absolute Gasteiger partial charge is 0.468 e. The van der Waals surface area contributed by atoms with E-state index < -0.39 is 27.3 Å². The van der Waals surface area contributed by atoms with Crippen molar-refractivity contribution in [2.45, 2.75) is 25.1 Å². The second-order valence-electron chi connectivity index (χ2n) is 2.88. The Balaban J connectivity index is 4.55. The summed E-state index contributed by atoms with van der Waals surface area (Å²) in [6.45, 7) is 2.86. The van der Waals surface area contributed by atoms with Gasteiger partial charge in [-0.3, -0.25) is 4.79 Å². The maximum absolute atomic E-state index is 11.4. The van der Waals surface area contributed by atoms with Crippen LogP contribution < -0.4 is 4.72 Å². The fourth-order valence-electron chi connectivity index (χ4n) is 0.707. The zero-order chi connectivity index (χ0) is 11.4. The number of methoxy groups -OCH3 is 1. The van der Waals surface area contributed by atoms with E-state index in [4.69, 9.17) is 11.6 Å². The van der Waals surface area contributed by atoms with Crippen molar-refractivity contribution in [3.63, 3.8) is 0 Å². The molecule has 0 aromatic rings. The first kappa shape index (κ1) is 13.7. The number of hydrogen-bond acceptors (Lipinski definition) is 4. The van der Waals surface area contributed by atoms with Crippen molar-refractivity contribution in [2.75, 3.05) is 13.0 Å². The predicted molar refractivity (Wildman–Crippen MR) is 53.7 cm³/mol. The number of rotatable bonds is 5. The number of nitrogens with one attached hydrogen (secondary N) is 1. The normalized spacial score (nSPS) is 16.0. The van der Waals surface area contributed by atoms with Gasteiger partial charge < -0.3 is 4.74 Å². The molecule has 14 heavy (non-hydrogen) atoms. The fraction of sp³-hybridized carbons (Fsp3) is 0.857. The predicted octanol–water partition coefficient (Wildman–Crippen LogP) is 0.0946. The van der Waals surface area contributed by atoms with Crippen LogP contribution in [0.15, 0.2) is 0 Å². The minimum atomic E-state index is -3.69. The van der Waals surface area contributed by atoms with Crippen molar-refractivity contribution in [1.29, 1.82) is 0 Å². The molecule has 7 heteroatoms. The molecule has 0 radical (unpaired) electrons. The van der Waals surface area contributed by atoms with Crippen molar-refractivity contribution in [2.24, 2.45) is 0 Å². The third-order valence-electron chi connectivity index (χ3n) is 1.60. The SMILES string of the molecule is COC(=O)C(C)S(=O)(=O)NC(C)CCl. The maximum Gasteiger partial charge on any atom is 0.325 e. The molecule has 0 aliphatic carbocycles. The standard InChI is InChI=1S/C7H14ClNO4S/c1-5(4-8)9-14(11,12)6(2)7(10)13-3/h5-6,9H,4H2,1-3H3. The summed E-state index contributed by atoms with van der Waals surface area (Å²) in [5.41, 5.74) is 0. The number of carbonyl (C=O) groups is 1. The molecule has 2 atom stereocenters. The summed E-state index contributed by atoms with van der Waals surface area (Å²) in [5, 5.41) is -1.22. The molecule has 5 nitrogen and oxygen atoms in total. The highest BCUT2D eigenvalue weighted by molar-refractivity contribution is 7.90. The topological polar surface area (TPSA) is 72.5 Å². The lowest BCUT2D eigenvalue weighted by molar-refractivity contribution is -0.139.